The average molecular weight is 407 g/mol. The maximum Gasteiger partial charge on any atom is 0.271 e. The molecule has 0 unspecified atom stereocenters. The Kier molecular flexibility index (Phi) is 4.54. The van der Waals surface area contributed by atoms with E-state index >= 15 is 0 Å². The van der Waals surface area contributed by atoms with Crippen molar-refractivity contribution in [2.75, 3.05) is 39.6 Å². The van der Waals surface area contributed by atoms with Gasteiger partial charge in [-0.15, -0.1) is 0 Å². The normalized spacial score (nSPS) is 29.6. The van der Waals surface area contributed by atoms with E-state index in [-0.39, 0.29) is 17.0 Å². The molecule has 0 radical (unpaired) electrons. The minimum Gasteiger partial charge on any atom is -0.276 e. The van der Waals surface area contributed by atoms with Crippen LogP contribution in [0, 0.1) is 15.5 Å². The Bertz CT molecular complexity index is 972. The number of nitro benzene ring substituents is 1. The molecule has 0 saturated carbocycles. The zero-order valence-electron chi connectivity index (χ0n) is 16.3. The number of carbonyl (C=O) groups excluding carboxylic acids is 1. The predicted molar refractivity (Wildman–Crippen MR) is 108 cm³/mol. The monoisotopic (exact) mass is 407 g/mol. The fourth-order valence-electron chi connectivity index (χ4n) is 4.85. The van der Waals surface area contributed by atoms with Crippen molar-refractivity contribution < 1.29 is 9.72 Å². The zero-order chi connectivity index (χ0) is 20.7. The number of nitrogens with zero attached hydrogens (tertiary/aromatic N) is 6. The Morgan fingerprint density at radius 2 is 1.53 bits per heavy atom. The third-order valence-electron chi connectivity index (χ3n) is 5.84. The van der Waals surface area contributed by atoms with Crippen LogP contribution in [0.3, 0.4) is 0 Å². The van der Waals surface area contributed by atoms with Gasteiger partial charge in [0.05, 0.1) is 36.1 Å². The summed E-state index contributed by atoms with van der Waals surface area (Å²) in [4.78, 5) is 34.3. The molecule has 10 heteroatoms. The molecule has 0 spiro atoms. The number of hydrogen-bond acceptors (Lipinski definition) is 8. The van der Waals surface area contributed by atoms with Crippen molar-refractivity contribution in [1.29, 1.82) is 0 Å². The number of pyridine rings is 1. The van der Waals surface area contributed by atoms with Gasteiger partial charge in [0.1, 0.15) is 0 Å². The van der Waals surface area contributed by atoms with E-state index in [1.165, 1.54) is 12.1 Å². The first-order valence-electron chi connectivity index (χ1n) is 9.73. The SMILES string of the molecule is O=C(N/N=C(/c1ccc([N+](=O)[O-])cc1)C12CN3CN(CN(C3)C1)C2)c1ccncc1. The van der Waals surface area contributed by atoms with E-state index in [4.69, 9.17) is 0 Å². The van der Waals surface area contributed by atoms with Gasteiger partial charge in [-0.25, -0.2) is 5.43 Å². The van der Waals surface area contributed by atoms with Crippen LogP contribution in [0.5, 0.6) is 0 Å². The summed E-state index contributed by atoms with van der Waals surface area (Å²) in [7, 11) is 0. The van der Waals surface area contributed by atoms with Gasteiger partial charge in [0, 0.05) is 49.7 Å². The number of hydrazone groups is 1. The van der Waals surface area contributed by atoms with Crippen LogP contribution in [0.2, 0.25) is 0 Å². The molecule has 4 fully saturated rings. The van der Waals surface area contributed by atoms with Crippen LogP contribution >= 0.6 is 0 Å². The van der Waals surface area contributed by atoms with Crippen molar-refractivity contribution >= 4 is 17.3 Å². The maximum absolute atomic E-state index is 12.6. The number of amides is 1. The molecule has 154 valence electrons. The Labute approximate surface area is 172 Å². The standard InChI is InChI=1S/C20H21N7O3/c28-19(16-5-7-21-8-6-16)23-22-18(15-1-3-17(4-2-15)27(29)30)20-9-24-12-25(10-20)14-26(11-20)13-24/h1-8H,9-14H2,(H,23,28)/b22-18-. The fourth-order valence-corrected chi connectivity index (χ4v) is 4.85. The van der Waals surface area contributed by atoms with Gasteiger partial charge in [0.25, 0.3) is 11.6 Å². The number of benzene rings is 1. The molecule has 1 amide bonds. The first kappa shape index (κ1) is 18.8. The molecule has 2 aromatic rings. The van der Waals surface area contributed by atoms with Crippen LogP contribution in [0.15, 0.2) is 53.9 Å². The molecule has 0 atom stereocenters. The quantitative estimate of drug-likeness (QED) is 0.446. The molecule has 5 heterocycles. The van der Waals surface area contributed by atoms with Crippen molar-refractivity contribution in [3.63, 3.8) is 0 Å². The van der Waals surface area contributed by atoms with Crippen LogP contribution < -0.4 is 5.43 Å². The van der Waals surface area contributed by atoms with Crippen LogP contribution in [-0.2, 0) is 0 Å². The highest BCUT2D eigenvalue weighted by Gasteiger charge is 2.52. The lowest BCUT2D eigenvalue weighted by Gasteiger charge is -2.60. The van der Waals surface area contributed by atoms with Crippen LogP contribution in [0.25, 0.3) is 0 Å². The summed E-state index contributed by atoms with van der Waals surface area (Å²) in [6.07, 6.45) is 3.12. The van der Waals surface area contributed by atoms with Gasteiger partial charge in [0.2, 0.25) is 0 Å². The topological polar surface area (TPSA) is 107 Å². The van der Waals surface area contributed by atoms with E-state index in [0.717, 1.165) is 50.9 Å². The Morgan fingerprint density at radius 3 is 2.07 bits per heavy atom. The molecular formula is C20H21N7O3. The van der Waals surface area contributed by atoms with E-state index in [9.17, 15) is 14.9 Å². The van der Waals surface area contributed by atoms with Crippen molar-refractivity contribution in [3.8, 4) is 0 Å². The molecule has 6 rings (SSSR count). The maximum atomic E-state index is 12.6. The highest BCUT2D eigenvalue weighted by atomic mass is 16.6. The molecule has 30 heavy (non-hydrogen) atoms. The van der Waals surface area contributed by atoms with Gasteiger partial charge in [-0.3, -0.25) is 34.6 Å². The third kappa shape index (κ3) is 3.34. The summed E-state index contributed by atoms with van der Waals surface area (Å²) >= 11 is 0. The summed E-state index contributed by atoms with van der Waals surface area (Å²) in [5.41, 5.74) is 4.44. The van der Waals surface area contributed by atoms with Crippen LogP contribution in [-0.4, -0.2) is 75.9 Å². The van der Waals surface area contributed by atoms with Gasteiger partial charge >= 0.3 is 0 Å². The Balaban J connectivity index is 1.51. The molecular weight excluding hydrogens is 386 g/mol. The van der Waals surface area contributed by atoms with Crippen LogP contribution in [0.1, 0.15) is 15.9 Å². The van der Waals surface area contributed by atoms with Gasteiger partial charge in [0.15, 0.2) is 0 Å². The number of carbonyl (C=O) groups is 1. The number of nitro groups is 1. The molecule has 0 aliphatic carbocycles. The number of rotatable bonds is 5. The minimum absolute atomic E-state index is 0.0284. The lowest BCUT2D eigenvalue weighted by Crippen LogP contribution is -2.74. The van der Waals surface area contributed by atoms with Crippen molar-refractivity contribution in [2.45, 2.75) is 0 Å². The smallest absolute Gasteiger partial charge is 0.271 e. The van der Waals surface area contributed by atoms with E-state index in [2.05, 4.69) is 30.2 Å². The molecule has 4 aliphatic heterocycles. The predicted octanol–water partition coefficient (Wildman–Crippen LogP) is 0.930. The second-order valence-corrected chi connectivity index (χ2v) is 8.13. The van der Waals surface area contributed by atoms with Gasteiger partial charge in [-0.2, -0.15) is 5.10 Å². The van der Waals surface area contributed by atoms with Crippen LogP contribution in [0.4, 0.5) is 5.69 Å². The highest BCUT2D eigenvalue weighted by molar-refractivity contribution is 6.06. The molecule has 1 N–H and O–H groups in total. The lowest BCUT2D eigenvalue weighted by molar-refractivity contribution is -0.384. The molecule has 1 aromatic carbocycles. The van der Waals surface area contributed by atoms with Crippen molar-refractivity contribution in [2.24, 2.45) is 10.5 Å². The molecule has 10 nitrogen and oxygen atoms in total. The zero-order valence-corrected chi connectivity index (χ0v) is 16.3. The number of non-ortho nitro benzene ring substituents is 1. The summed E-state index contributed by atoms with van der Waals surface area (Å²) in [5.74, 6) is -0.317. The van der Waals surface area contributed by atoms with E-state index in [1.807, 2.05) is 0 Å². The molecule has 4 bridgehead atoms. The van der Waals surface area contributed by atoms with Gasteiger partial charge in [-0.1, -0.05) is 0 Å². The first-order chi connectivity index (χ1) is 14.5. The van der Waals surface area contributed by atoms with E-state index < -0.39 is 4.92 Å². The van der Waals surface area contributed by atoms with Gasteiger partial charge in [-0.05, 0) is 29.8 Å². The van der Waals surface area contributed by atoms with E-state index in [1.54, 1.807) is 36.7 Å². The van der Waals surface area contributed by atoms with Crippen molar-refractivity contribution in [3.05, 3.63) is 70.0 Å². The summed E-state index contributed by atoms with van der Waals surface area (Å²) in [6.45, 7) is 5.28. The lowest BCUT2D eigenvalue weighted by atomic mass is 9.74. The number of aromatic nitrogens is 1. The van der Waals surface area contributed by atoms with E-state index in [0.29, 0.717) is 5.56 Å². The Morgan fingerprint density at radius 1 is 0.967 bits per heavy atom. The second-order valence-electron chi connectivity index (χ2n) is 8.13. The van der Waals surface area contributed by atoms with Gasteiger partial charge < -0.3 is 0 Å². The fraction of sp³-hybridized carbons (Fsp3) is 0.350. The molecule has 4 saturated heterocycles. The largest absolute Gasteiger partial charge is 0.276 e. The summed E-state index contributed by atoms with van der Waals surface area (Å²) < 4.78 is 0. The number of hydrogen-bond donors (Lipinski definition) is 1. The number of nitrogens with one attached hydrogen (secondary N) is 1. The van der Waals surface area contributed by atoms with Crippen molar-refractivity contribution in [1.82, 2.24) is 25.1 Å². The highest BCUT2D eigenvalue weighted by Crippen LogP contribution is 2.38. The molecule has 4 aliphatic rings. The Hall–Kier alpha value is -3.21. The second kappa shape index (κ2) is 7.24. The first-order valence-corrected chi connectivity index (χ1v) is 9.73. The summed E-state index contributed by atoms with van der Waals surface area (Å²) in [6, 6.07) is 9.66. The minimum atomic E-state index is -0.417. The average Bonchev–Trinajstić information content (AvgIpc) is 2.73. The summed E-state index contributed by atoms with van der Waals surface area (Å²) in [5, 5.41) is 15.7. The third-order valence-corrected chi connectivity index (χ3v) is 5.84. The molecule has 1 aromatic heterocycles.